The number of nitrogens with one attached hydrogen (secondary N) is 2. The van der Waals surface area contributed by atoms with E-state index in [-0.39, 0.29) is 11.7 Å². The lowest BCUT2D eigenvalue weighted by molar-refractivity contribution is -0.142. The smallest absolute Gasteiger partial charge is 0.322 e. The summed E-state index contributed by atoms with van der Waals surface area (Å²) in [6, 6.07) is 0.422. The summed E-state index contributed by atoms with van der Waals surface area (Å²) in [5, 5.41) is 5.42. The van der Waals surface area contributed by atoms with Crippen LogP contribution in [0.15, 0.2) is 12.1 Å². The molecule has 4 nitrogen and oxygen atoms in total. The number of piperazine rings is 1. The molecule has 23 heavy (non-hydrogen) atoms. The zero-order valence-electron chi connectivity index (χ0n) is 12.3. The van der Waals surface area contributed by atoms with Gasteiger partial charge in [0, 0.05) is 31.4 Å². The summed E-state index contributed by atoms with van der Waals surface area (Å²) in [6.45, 7) is 3.32. The lowest BCUT2D eigenvalue weighted by Gasteiger charge is -2.33. The first kappa shape index (κ1) is 17.5. The van der Waals surface area contributed by atoms with Crippen molar-refractivity contribution in [2.24, 2.45) is 0 Å². The van der Waals surface area contributed by atoms with E-state index in [1.165, 1.54) is 4.90 Å². The Morgan fingerprint density at radius 1 is 1.35 bits per heavy atom. The molecule has 1 saturated heterocycles. The van der Waals surface area contributed by atoms with Crippen molar-refractivity contribution in [2.45, 2.75) is 25.6 Å². The van der Waals surface area contributed by atoms with Gasteiger partial charge in [0.2, 0.25) is 0 Å². The van der Waals surface area contributed by atoms with E-state index in [1.54, 1.807) is 0 Å². The van der Waals surface area contributed by atoms with Gasteiger partial charge in [-0.2, -0.15) is 13.2 Å². The van der Waals surface area contributed by atoms with E-state index in [2.05, 4.69) is 10.6 Å². The molecule has 1 atom stereocenters. The Morgan fingerprint density at radius 2 is 1.96 bits per heavy atom. The van der Waals surface area contributed by atoms with Crippen LogP contribution < -0.4 is 10.6 Å². The Hall–Kier alpha value is -1.90. The lowest BCUT2D eigenvalue weighted by atomic mass is 10.1. The number of rotatable bonds is 2. The minimum atomic E-state index is -5.14. The number of urea groups is 1. The number of carbonyl (C=O) groups is 1. The minimum absolute atomic E-state index is 0.107. The highest BCUT2D eigenvalue weighted by atomic mass is 19.4. The SMILES string of the molecule is CC[C@H]1CN(C(=O)Nc2cc(F)c(C(F)(F)F)c(F)c2)CCN1. The van der Waals surface area contributed by atoms with E-state index in [0.717, 1.165) is 6.42 Å². The molecular weight excluding hydrogens is 321 g/mol. The van der Waals surface area contributed by atoms with Gasteiger partial charge in [0.25, 0.3) is 0 Å². The van der Waals surface area contributed by atoms with Gasteiger partial charge in [-0.1, -0.05) is 6.92 Å². The molecule has 1 heterocycles. The van der Waals surface area contributed by atoms with Gasteiger partial charge in [-0.05, 0) is 18.6 Å². The third-order valence-electron chi connectivity index (χ3n) is 3.61. The first-order chi connectivity index (χ1) is 10.7. The molecule has 1 aromatic carbocycles. The van der Waals surface area contributed by atoms with Crippen LogP contribution in [0.1, 0.15) is 18.9 Å². The molecule has 2 amide bonds. The third kappa shape index (κ3) is 4.10. The van der Waals surface area contributed by atoms with Crippen LogP contribution in [0.4, 0.5) is 32.4 Å². The molecule has 0 aliphatic carbocycles. The predicted octanol–water partition coefficient (Wildman–Crippen LogP) is 3.20. The second kappa shape index (κ2) is 6.69. The summed E-state index contributed by atoms with van der Waals surface area (Å²) in [4.78, 5) is 13.5. The monoisotopic (exact) mass is 337 g/mol. The maximum absolute atomic E-state index is 13.5. The van der Waals surface area contributed by atoms with Gasteiger partial charge in [-0.25, -0.2) is 13.6 Å². The fraction of sp³-hybridized carbons (Fsp3) is 0.500. The number of nitrogens with zero attached hydrogens (tertiary/aromatic N) is 1. The van der Waals surface area contributed by atoms with E-state index < -0.39 is 29.4 Å². The first-order valence-electron chi connectivity index (χ1n) is 7.08. The lowest BCUT2D eigenvalue weighted by Crippen LogP contribution is -2.53. The number of anilines is 1. The fourth-order valence-electron chi connectivity index (χ4n) is 2.40. The van der Waals surface area contributed by atoms with Crippen molar-refractivity contribution in [1.82, 2.24) is 10.2 Å². The zero-order chi connectivity index (χ0) is 17.2. The topological polar surface area (TPSA) is 44.4 Å². The Kier molecular flexibility index (Phi) is 5.08. The molecular formula is C14H16F5N3O. The van der Waals surface area contributed by atoms with Gasteiger partial charge in [0.05, 0.1) is 0 Å². The maximum atomic E-state index is 13.5. The van der Waals surface area contributed by atoms with E-state index in [4.69, 9.17) is 0 Å². The van der Waals surface area contributed by atoms with Gasteiger partial charge in [0.1, 0.15) is 17.2 Å². The molecule has 0 unspecified atom stereocenters. The van der Waals surface area contributed by atoms with Crippen LogP contribution in [-0.2, 0) is 6.18 Å². The average Bonchev–Trinajstić information content (AvgIpc) is 2.45. The Labute approximate surface area is 129 Å². The van der Waals surface area contributed by atoms with E-state index in [9.17, 15) is 26.7 Å². The number of benzene rings is 1. The highest BCUT2D eigenvalue weighted by molar-refractivity contribution is 5.89. The van der Waals surface area contributed by atoms with Crippen LogP contribution >= 0.6 is 0 Å². The van der Waals surface area contributed by atoms with Crippen LogP contribution in [0.3, 0.4) is 0 Å². The Bertz CT molecular complexity index is 567. The van der Waals surface area contributed by atoms with Gasteiger partial charge < -0.3 is 15.5 Å². The fourth-order valence-corrected chi connectivity index (χ4v) is 2.40. The molecule has 0 aromatic heterocycles. The number of amides is 2. The Balaban J connectivity index is 2.13. The van der Waals surface area contributed by atoms with Gasteiger partial charge in [-0.15, -0.1) is 0 Å². The first-order valence-corrected chi connectivity index (χ1v) is 7.08. The van der Waals surface area contributed by atoms with E-state index in [0.29, 0.717) is 31.8 Å². The molecule has 9 heteroatoms. The summed E-state index contributed by atoms with van der Waals surface area (Å²) in [5.74, 6) is -3.53. The molecule has 1 aliphatic rings. The largest absolute Gasteiger partial charge is 0.422 e. The minimum Gasteiger partial charge on any atom is -0.322 e. The van der Waals surface area contributed by atoms with Crippen LogP contribution in [0, 0.1) is 11.6 Å². The van der Waals surface area contributed by atoms with E-state index in [1.807, 2.05) is 6.92 Å². The summed E-state index contributed by atoms with van der Waals surface area (Å²) in [7, 11) is 0. The Morgan fingerprint density at radius 3 is 2.48 bits per heavy atom. The van der Waals surface area contributed by atoms with Crippen molar-refractivity contribution in [3.05, 3.63) is 29.3 Å². The third-order valence-corrected chi connectivity index (χ3v) is 3.61. The molecule has 0 bridgehead atoms. The van der Waals surface area contributed by atoms with Gasteiger partial charge in [0.15, 0.2) is 0 Å². The molecule has 2 rings (SSSR count). The maximum Gasteiger partial charge on any atom is 0.422 e. The second-order valence-electron chi connectivity index (χ2n) is 5.25. The van der Waals surface area contributed by atoms with Crippen LogP contribution in [0.25, 0.3) is 0 Å². The standard InChI is InChI=1S/C14H16F5N3O/c1-2-8-7-22(4-3-20-8)13(23)21-9-5-10(15)12(11(16)6-9)14(17,18)19/h5-6,8,20H,2-4,7H2,1H3,(H,21,23)/t8-/m0/s1. The van der Waals surface area contributed by atoms with Crippen LogP contribution in [0.2, 0.25) is 0 Å². The highest BCUT2D eigenvalue weighted by Gasteiger charge is 2.38. The number of carbonyl (C=O) groups excluding carboxylic acids is 1. The van der Waals surface area contributed by atoms with Gasteiger partial charge in [-0.3, -0.25) is 0 Å². The zero-order valence-corrected chi connectivity index (χ0v) is 12.3. The summed E-state index contributed by atoms with van der Waals surface area (Å²) < 4.78 is 64.4. The molecule has 0 saturated carbocycles. The molecule has 0 spiro atoms. The van der Waals surface area contributed by atoms with Crippen molar-refractivity contribution in [3.63, 3.8) is 0 Å². The number of halogens is 5. The van der Waals surface area contributed by atoms with Crippen LogP contribution in [-0.4, -0.2) is 36.6 Å². The highest BCUT2D eigenvalue weighted by Crippen LogP contribution is 2.34. The number of hydrogen-bond donors (Lipinski definition) is 2. The summed E-state index contributed by atoms with van der Waals surface area (Å²) in [6.07, 6.45) is -4.34. The van der Waals surface area contributed by atoms with Crippen molar-refractivity contribution < 1.29 is 26.7 Å². The predicted molar refractivity (Wildman–Crippen MR) is 74.0 cm³/mol. The average molecular weight is 337 g/mol. The molecule has 128 valence electrons. The molecule has 1 fully saturated rings. The quantitative estimate of drug-likeness (QED) is 0.814. The molecule has 2 N–H and O–H groups in total. The van der Waals surface area contributed by atoms with E-state index >= 15 is 0 Å². The van der Waals surface area contributed by atoms with Crippen molar-refractivity contribution in [1.29, 1.82) is 0 Å². The van der Waals surface area contributed by atoms with Crippen molar-refractivity contribution >= 4 is 11.7 Å². The van der Waals surface area contributed by atoms with Crippen molar-refractivity contribution in [2.75, 3.05) is 25.0 Å². The molecule has 1 aromatic rings. The van der Waals surface area contributed by atoms with Gasteiger partial charge >= 0.3 is 12.2 Å². The van der Waals surface area contributed by atoms with Crippen LogP contribution in [0.5, 0.6) is 0 Å². The summed E-state index contributed by atoms with van der Waals surface area (Å²) in [5.41, 5.74) is -2.33. The van der Waals surface area contributed by atoms with Crippen molar-refractivity contribution in [3.8, 4) is 0 Å². The number of alkyl halides is 3. The molecule has 0 radical (unpaired) electrons. The number of hydrogen-bond acceptors (Lipinski definition) is 2. The summed E-state index contributed by atoms with van der Waals surface area (Å²) >= 11 is 0. The second-order valence-corrected chi connectivity index (χ2v) is 5.25. The molecule has 1 aliphatic heterocycles. The normalized spacial score (nSPS) is 18.9.